The van der Waals surface area contributed by atoms with E-state index in [2.05, 4.69) is 34.5 Å². The van der Waals surface area contributed by atoms with Crippen LogP contribution in [-0.4, -0.2) is 94.4 Å². The maximum Gasteiger partial charge on any atom is 0.351 e. The van der Waals surface area contributed by atoms with E-state index in [9.17, 15) is 20.4 Å². The molecule has 2 unspecified atom stereocenters. The van der Waals surface area contributed by atoms with E-state index in [0.717, 1.165) is 40.3 Å². The Hall–Kier alpha value is -1.77. The van der Waals surface area contributed by atoms with Crippen LogP contribution in [0.5, 0.6) is 0 Å². The lowest BCUT2D eigenvalue weighted by Gasteiger charge is -2.46. The second-order valence-electron chi connectivity index (χ2n) is 9.46. The Balaban J connectivity index is 1.19. The Labute approximate surface area is 220 Å². The molecule has 0 aliphatic carbocycles. The van der Waals surface area contributed by atoms with Crippen LogP contribution in [0, 0.1) is 0 Å². The second kappa shape index (κ2) is 11.5. The molecule has 2 fully saturated rings. The van der Waals surface area contributed by atoms with Crippen LogP contribution in [0.3, 0.4) is 0 Å². The van der Waals surface area contributed by atoms with Gasteiger partial charge in [0.1, 0.15) is 6.17 Å². The van der Waals surface area contributed by atoms with Gasteiger partial charge in [-0.2, -0.15) is 0 Å². The molecule has 3 aliphatic heterocycles. The van der Waals surface area contributed by atoms with Crippen molar-refractivity contribution in [2.45, 2.75) is 53.4 Å². The Kier molecular flexibility index (Phi) is 8.37. The van der Waals surface area contributed by atoms with Gasteiger partial charge < -0.3 is 40.0 Å². The molecule has 5 N–H and O–H groups in total. The van der Waals surface area contributed by atoms with Crippen molar-refractivity contribution in [1.29, 1.82) is 0 Å². The van der Waals surface area contributed by atoms with Gasteiger partial charge in [0.25, 0.3) is 0 Å². The summed E-state index contributed by atoms with van der Waals surface area (Å²) >= 11 is 1.72. The third-order valence-electron chi connectivity index (χ3n) is 7.00. The van der Waals surface area contributed by atoms with Crippen LogP contribution in [0.15, 0.2) is 58.3 Å². The Morgan fingerprint density at radius 2 is 1.65 bits per heavy atom. The lowest BCUT2D eigenvalue weighted by molar-refractivity contribution is -0.498. The van der Waals surface area contributed by atoms with Crippen molar-refractivity contribution in [2.24, 2.45) is 0 Å². The zero-order valence-corrected chi connectivity index (χ0v) is 21.5. The number of hydrogen-bond donors (Lipinski definition) is 5. The number of ether oxygens (including phenoxy) is 3. The smallest absolute Gasteiger partial charge is 0.351 e. The topological polar surface area (TPSA) is 127 Å². The largest absolute Gasteiger partial charge is 0.365 e. The van der Waals surface area contributed by atoms with Crippen molar-refractivity contribution in [2.75, 3.05) is 51.3 Å². The summed E-state index contributed by atoms with van der Waals surface area (Å²) in [7, 11) is 0. The first-order chi connectivity index (χ1) is 17.8. The number of hydrogen-bond acceptors (Lipinski definition) is 11. The maximum absolute atomic E-state index is 10.7. The molecule has 3 heterocycles. The summed E-state index contributed by atoms with van der Waals surface area (Å²) in [5.41, 5.74) is 2.18. The van der Waals surface area contributed by atoms with E-state index in [1.165, 1.54) is 4.90 Å². The van der Waals surface area contributed by atoms with Gasteiger partial charge in [-0.25, -0.2) is 4.90 Å². The number of nitrogens with zero attached hydrogens (tertiary/aromatic N) is 2. The SMILES string of the molecule is OC(O)(OCCOC1CCCCO1)C(O)(O)N1CCN(C2Nc3ccccc3Sc3ccccc32)CC1. The third kappa shape index (κ3) is 5.96. The van der Waals surface area contributed by atoms with Gasteiger partial charge >= 0.3 is 11.9 Å². The predicted molar refractivity (Wildman–Crippen MR) is 136 cm³/mol. The van der Waals surface area contributed by atoms with Crippen molar-refractivity contribution in [3.63, 3.8) is 0 Å². The number of benzene rings is 2. The lowest BCUT2D eigenvalue weighted by Crippen LogP contribution is -2.69. The summed E-state index contributed by atoms with van der Waals surface area (Å²) in [6.45, 7) is 1.70. The normalized spacial score (nSPS) is 23.6. The van der Waals surface area contributed by atoms with Gasteiger partial charge in [-0.3, -0.25) is 4.90 Å². The van der Waals surface area contributed by atoms with Crippen molar-refractivity contribution >= 4 is 17.4 Å². The number of rotatable bonds is 8. The number of piperazine rings is 1. The molecule has 37 heavy (non-hydrogen) atoms. The molecule has 0 aromatic heterocycles. The molecule has 2 atom stereocenters. The molecule has 0 bridgehead atoms. The number of anilines is 1. The maximum atomic E-state index is 10.7. The van der Waals surface area contributed by atoms with Gasteiger partial charge in [-0.1, -0.05) is 42.1 Å². The van der Waals surface area contributed by atoms with Gasteiger partial charge in [0.15, 0.2) is 6.29 Å². The van der Waals surface area contributed by atoms with E-state index in [1.54, 1.807) is 11.8 Å². The quantitative estimate of drug-likeness (QED) is 0.251. The Bertz CT molecular complexity index is 1040. The number of aliphatic hydroxyl groups is 4. The van der Waals surface area contributed by atoms with Crippen LogP contribution in [0.2, 0.25) is 0 Å². The first-order valence-corrected chi connectivity index (χ1v) is 13.5. The van der Waals surface area contributed by atoms with Crippen molar-refractivity contribution in [3.05, 3.63) is 54.1 Å². The highest BCUT2D eigenvalue weighted by Crippen LogP contribution is 2.43. The molecule has 0 spiro atoms. The van der Waals surface area contributed by atoms with Crippen LogP contribution in [-0.2, 0) is 14.2 Å². The molecular weight excluding hydrogens is 498 g/mol. The van der Waals surface area contributed by atoms with Crippen molar-refractivity contribution in [1.82, 2.24) is 9.80 Å². The molecule has 5 rings (SSSR count). The van der Waals surface area contributed by atoms with Gasteiger partial charge in [-0.15, -0.1) is 0 Å². The lowest BCUT2D eigenvalue weighted by atomic mass is 10.1. The summed E-state index contributed by atoms with van der Waals surface area (Å²) in [5, 5.41) is 45.8. The molecule has 2 aromatic rings. The molecular formula is C26H35N3O7S. The average Bonchev–Trinajstić information content (AvgIpc) is 3.08. The molecule has 3 aliphatic rings. The minimum Gasteiger partial charge on any atom is -0.365 e. The van der Waals surface area contributed by atoms with Crippen LogP contribution in [0.4, 0.5) is 5.69 Å². The zero-order chi connectivity index (χ0) is 25.9. The molecule has 2 aromatic carbocycles. The van der Waals surface area contributed by atoms with Crippen molar-refractivity contribution in [3.8, 4) is 0 Å². The predicted octanol–water partition coefficient (Wildman–Crippen LogP) is 1.72. The number of fused-ring (bicyclic) bond motifs is 2. The van der Waals surface area contributed by atoms with E-state index >= 15 is 0 Å². The molecule has 202 valence electrons. The second-order valence-corrected chi connectivity index (χ2v) is 10.5. The molecule has 0 saturated carbocycles. The molecule has 0 radical (unpaired) electrons. The first-order valence-electron chi connectivity index (χ1n) is 12.7. The van der Waals surface area contributed by atoms with Crippen LogP contribution in [0.1, 0.15) is 31.0 Å². The summed E-state index contributed by atoms with van der Waals surface area (Å²) < 4.78 is 16.0. The van der Waals surface area contributed by atoms with Crippen LogP contribution in [0.25, 0.3) is 0 Å². The Morgan fingerprint density at radius 1 is 0.919 bits per heavy atom. The molecule has 11 heteroatoms. The Morgan fingerprint density at radius 3 is 2.41 bits per heavy atom. The average molecular weight is 534 g/mol. The van der Waals surface area contributed by atoms with Crippen LogP contribution >= 0.6 is 11.8 Å². The minimum absolute atomic E-state index is 0.0314. The summed E-state index contributed by atoms with van der Waals surface area (Å²) in [6, 6.07) is 16.4. The fraction of sp³-hybridized carbons (Fsp3) is 0.538. The minimum atomic E-state index is -3.20. The summed E-state index contributed by atoms with van der Waals surface area (Å²) in [4.78, 5) is 5.72. The fourth-order valence-electron chi connectivity index (χ4n) is 4.91. The highest BCUT2D eigenvalue weighted by atomic mass is 32.2. The fourth-order valence-corrected chi connectivity index (χ4v) is 5.97. The van der Waals surface area contributed by atoms with Crippen molar-refractivity contribution < 1.29 is 34.6 Å². The summed E-state index contributed by atoms with van der Waals surface area (Å²) in [6.07, 6.45) is 2.29. The van der Waals surface area contributed by atoms with E-state index in [-0.39, 0.29) is 38.8 Å². The summed E-state index contributed by atoms with van der Waals surface area (Å²) in [5.74, 6) is -6.20. The van der Waals surface area contributed by atoms with Gasteiger partial charge in [0.05, 0.1) is 13.2 Å². The number of nitrogens with one attached hydrogen (secondary N) is 1. The standard InChI is InChI=1S/C26H35N3O7S/c30-25(31,26(32,33)36-18-17-35-23-11-5-6-16-34-23)29-14-12-28(13-15-29)24-19-7-1-3-9-21(19)37-22-10-4-2-8-20(22)27-24/h1-4,7-10,23-24,27,30-33H,5-6,11-18H2. The van der Waals surface area contributed by atoms with Crippen LogP contribution < -0.4 is 5.32 Å². The highest BCUT2D eigenvalue weighted by molar-refractivity contribution is 7.99. The van der Waals surface area contributed by atoms with Gasteiger partial charge in [0, 0.05) is 53.8 Å². The zero-order valence-electron chi connectivity index (χ0n) is 20.7. The number of para-hydroxylation sites is 1. The van der Waals surface area contributed by atoms with E-state index in [4.69, 9.17) is 14.2 Å². The molecule has 0 amide bonds. The van der Waals surface area contributed by atoms with E-state index in [1.807, 2.05) is 24.3 Å². The van der Waals surface area contributed by atoms with Gasteiger partial charge in [0.2, 0.25) is 0 Å². The third-order valence-corrected chi connectivity index (χ3v) is 8.17. The van der Waals surface area contributed by atoms with E-state index < -0.39 is 11.9 Å². The van der Waals surface area contributed by atoms with E-state index in [0.29, 0.717) is 19.7 Å². The monoisotopic (exact) mass is 533 g/mol. The molecule has 2 saturated heterocycles. The highest BCUT2D eigenvalue weighted by Gasteiger charge is 2.54. The molecule has 10 nitrogen and oxygen atoms in total. The first kappa shape index (κ1) is 26.8. The van der Waals surface area contributed by atoms with Gasteiger partial charge in [-0.05, 0) is 37.5 Å².